The number of benzene rings is 1. The molecule has 0 aliphatic heterocycles. The van der Waals surface area contributed by atoms with Crippen molar-refractivity contribution in [2.24, 2.45) is 5.92 Å². The van der Waals surface area contributed by atoms with E-state index in [-0.39, 0.29) is 11.8 Å². The maximum atomic E-state index is 10.5. The zero-order valence-corrected chi connectivity index (χ0v) is 11.9. The average Bonchev–Trinajstić information content (AvgIpc) is 2.25. The Labute approximate surface area is 110 Å². The van der Waals surface area contributed by atoms with Crippen LogP contribution in [0.4, 0.5) is 0 Å². The maximum absolute atomic E-state index is 10.5. The molecule has 1 N–H and O–H groups in total. The van der Waals surface area contributed by atoms with E-state index in [9.17, 15) is 4.79 Å². The molecule has 18 heavy (non-hydrogen) atoms. The van der Waals surface area contributed by atoms with Gasteiger partial charge in [0.1, 0.15) is 0 Å². The van der Waals surface area contributed by atoms with Crippen molar-refractivity contribution in [1.29, 1.82) is 0 Å². The number of carboxylic acid groups (broad SMARTS) is 1. The summed E-state index contributed by atoms with van der Waals surface area (Å²) < 4.78 is 0. The first kappa shape index (κ1) is 14.7. The van der Waals surface area contributed by atoms with Crippen molar-refractivity contribution >= 4 is 5.97 Å². The van der Waals surface area contributed by atoms with E-state index in [2.05, 4.69) is 52.0 Å². The molecule has 2 heteroatoms. The van der Waals surface area contributed by atoms with Crippen molar-refractivity contribution < 1.29 is 9.90 Å². The van der Waals surface area contributed by atoms with E-state index in [0.717, 1.165) is 12.8 Å². The van der Waals surface area contributed by atoms with Gasteiger partial charge < -0.3 is 5.11 Å². The van der Waals surface area contributed by atoms with Crippen molar-refractivity contribution in [3.8, 4) is 0 Å². The highest BCUT2D eigenvalue weighted by atomic mass is 16.4. The summed E-state index contributed by atoms with van der Waals surface area (Å²) in [5.74, 6) is -0.290. The molecule has 0 saturated heterocycles. The Hall–Kier alpha value is -1.31. The molecular formula is C16H24O2. The lowest BCUT2D eigenvalue weighted by atomic mass is 9.85. The number of carbonyl (C=O) groups is 1. The fourth-order valence-corrected chi connectivity index (χ4v) is 2.04. The van der Waals surface area contributed by atoms with E-state index >= 15 is 0 Å². The van der Waals surface area contributed by atoms with Crippen LogP contribution in [0.25, 0.3) is 0 Å². The molecule has 0 saturated carbocycles. The van der Waals surface area contributed by atoms with Gasteiger partial charge >= 0.3 is 5.97 Å². The van der Waals surface area contributed by atoms with Gasteiger partial charge in [-0.3, -0.25) is 4.79 Å². The molecule has 0 aliphatic carbocycles. The molecule has 1 atom stereocenters. The smallest absolute Gasteiger partial charge is 0.303 e. The van der Waals surface area contributed by atoms with Gasteiger partial charge in [-0.15, -0.1) is 0 Å². The zero-order valence-electron chi connectivity index (χ0n) is 11.9. The van der Waals surface area contributed by atoms with Crippen molar-refractivity contribution in [3.05, 3.63) is 35.4 Å². The van der Waals surface area contributed by atoms with Crippen molar-refractivity contribution in [1.82, 2.24) is 0 Å². The van der Waals surface area contributed by atoms with Gasteiger partial charge in [-0.2, -0.15) is 0 Å². The molecule has 0 bridgehead atoms. The molecule has 1 aromatic rings. The largest absolute Gasteiger partial charge is 0.481 e. The van der Waals surface area contributed by atoms with E-state index < -0.39 is 5.97 Å². The molecule has 0 heterocycles. The number of carboxylic acids is 1. The summed E-state index contributed by atoms with van der Waals surface area (Å²) in [5.41, 5.74) is 2.81. The average molecular weight is 248 g/mol. The van der Waals surface area contributed by atoms with Gasteiger partial charge in [0, 0.05) is 6.42 Å². The van der Waals surface area contributed by atoms with Gasteiger partial charge in [0.2, 0.25) is 0 Å². The lowest BCUT2D eigenvalue weighted by molar-refractivity contribution is -0.137. The lowest BCUT2D eigenvalue weighted by Gasteiger charge is -2.20. The number of hydrogen-bond donors (Lipinski definition) is 1. The molecule has 0 aliphatic rings. The van der Waals surface area contributed by atoms with Gasteiger partial charge in [0.25, 0.3) is 0 Å². The van der Waals surface area contributed by atoms with Crippen LogP contribution in [0.15, 0.2) is 24.3 Å². The van der Waals surface area contributed by atoms with Crippen LogP contribution in [0.5, 0.6) is 0 Å². The van der Waals surface area contributed by atoms with Crippen molar-refractivity contribution in [2.75, 3.05) is 0 Å². The van der Waals surface area contributed by atoms with Gasteiger partial charge in [0.15, 0.2) is 0 Å². The Kier molecular flexibility index (Phi) is 4.94. The van der Waals surface area contributed by atoms with Crippen LogP contribution in [0.3, 0.4) is 0 Å². The molecule has 0 amide bonds. The van der Waals surface area contributed by atoms with Crippen LogP contribution in [0, 0.1) is 5.92 Å². The van der Waals surface area contributed by atoms with Crippen LogP contribution in [-0.2, 0) is 16.6 Å². The lowest BCUT2D eigenvalue weighted by Crippen LogP contribution is -2.12. The van der Waals surface area contributed by atoms with Crippen LogP contribution in [0.1, 0.15) is 51.7 Å². The summed E-state index contributed by atoms with van der Waals surface area (Å²) in [4.78, 5) is 10.5. The topological polar surface area (TPSA) is 37.3 Å². The predicted octanol–water partition coefficient (Wildman–Crippen LogP) is 4.03. The third-order valence-corrected chi connectivity index (χ3v) is 3.23. The summed E-state index contributed by atoms with van der Waals surface area (Å²) in [5, 5.41) is 8.68. The van der Waals surface area contributed by atoms with Crippen LogP contribution in [0.2, 0.25) is 0 Å². The molecule has 2 nitrogen and oxygen atoms in total. The second-order valence-corrected chi connectivity index (χ2v) is 6.19. The normalized spacial score (nSPS) is 13.3. The summed E-state index contributed by atoms with van der Waals surface area (Å²) in [6.07, 6.45) is 1.96. The molecule has 100 valence electrons. The second-order valence-electron chi connectivity index (χ2n) is 6.19. The predicted molar refractivity (Wildman–Crippen MR) is 74.9 cm³/mol. The van der Waals surface area contributed by atoms with Crippen molar-refractivity contribution in [3.63, 3.8) is 0 Å². The molecule has 1 aromatic carbocycles. The molecule has 1 unspecified atom stereocenters. The summed E-state index contributed by atoms with van der Waals surface area (Å²) in [6.45, 7) is 8.74. The van der Waals surface area contributed by atoms with E-state index in [4.69, 9.17) is 5.11 Å². The van der Waals surface area contributed by atoms with Gasteiger partial charge in [-0.25, -0.2) is 0 Å². The zero-order chi connectivity index (χ0) is 13.8. The minimum atomic E-state index is -0.703. The first-order valence-corrected chi connectivity index (χ1v) is 6.60. The Bertz CT molecular complexity index is 402. The molecule has 0 spiro atoms. The quantitative estimate of drug-likeness (QED) is 0.854. The minimum absolute atomic E-state index is 0.167. The van der Waals surface area contributed by atoms with E-state index in [0.29, 0.717) is 5.92 Å². The third kappa shape index (κ3) is 4.91. The minimum Gasteiger partial charge on any atom is -0.481 e. The van der Waals surface area contributed by atoms with Crippen LogP contribution < -0.4 is 0 Å². The second kappa shape index (κ2) is 6.03. The number of hydrogen-bond acceptors (Lipinski definition) is 1. The molecular weight excluding hydrogens is 224 g/mol. The highest BCUT2D eigenvalue weighted by Crippen LogP contribution is 2.24. The Morgan fingerprint density at radius 3 is 2.56 bits per heavy atom. The van der Waals surface area contributed by atoms with E-state index in [1.165, 1.54) is 11.1 Å². The third-order valence-electron chi connectivity index (χ3n) is 3.23. The van der Waals surface area contributed by atoms with E-state index in [1.807, 2.05) is 0 Å². The van der Waals surface area contributed by atoms with E-state index in [1.54, 1.807) is 0 Å². The molecule has 1 rings (SSSR count). The van der Waals surface area contributed by atoms with Gasteiger partial charge in [-0.05, 0) is 35.3 Å². The molecule has 0 radical (unpaired) electrons. The highest BCUT2D eigenvalue weighted by Gasteiger charge is 2.14. The van der Waals surface area contributed by atoms with Gasteiger partial charge in [-0.1, -0.05) is 52.0 Å². The van der Waals surface area contributed by atoms with Gasteiger partial charge in [0.05, 0.1) is 0 Å². The Morgan fingerprint density at radius 1 is 1.33 bits per heavy atom. The first-order chi connectivity index (χ1) is 8.29. The highest BCUT2D eigenvalue weighted by molar-refractivity contribution is 5.66. The number of aliphatic carboxylic acids is 1. The molecule has 0 fully saturated rings. The fourth-order valence-electron chi connectivity index (χ4n) is 2.04. The summed E-state index contributed by atoms with van der Waals surface area (Å²) in [6, 6.07) is 8.63. The SMILES string of the molecule is CC(CCC(=O)O)Cc1cccc(C(C)(C)C)c1. The monoisotopic (exact) mass is 248 g/mol. The molecule has 0 aromatic heterocycles. The summed E-state index contributed by atoms with van der Waals surface area (Å²) >= 11 is 0. The number of rotatable bonds is 5. The first-order valence-electron chi connectivity index (χ1n) is 6.60. The fraction of sp³-hybridized carbons (Fsp3) is 0.562. The van der Waals surface area contributed by atoms with Crippen molar-refractivity contribution in [2.45, 2.75) is 52.4 Å². The van der Waals surface area contributed by atoms with Crippen LogP contribution >= 0.6 is 0 Å². The maximum Gasteiger partial charge on any atom is 0.303 e. The standard InChI is InChI=1S/C16H24O2/c1-12(8-9-15(17)18)10-13-6-5-7-14(11-13)16(2,3)4/h5-7,11-12H,8-10H2,1-4H3,(H,17,18). The Morgan fingerprint density at radius 2 is 2.00 bits per heavy atom. The summed E-state index contributed by atoms with van der Waals surface area (Å²) in [7, 11) is 0. The van der Waals surface area contributed by atoms with Crippen LogP contribution in [-0.4, -0.2) is 11.1 Å². The Balaban J connectivity index is 2.65.